The number of hydrogen-bond acceptors (Lipinski definition) is 3. The monoisotopic (exact) mass is 263 g/mol. The number of rotatable bonds is 8. The smallest absolute Gasteiger partial charge is 0.494 e. The number of methoxy groups -OCH3 is 1. The molecule has 0 saturated heterocycles. The zero-order valence-electron chi connectivity index (χ0n) is 10.1. The highest BCUT2D eigenvalue weighted by Crippen LogP contribution is 2.17. The van der Waals surface area contributed by atoms with Gasteiger partial charge >= 0.3 is 6.98 Å². The van der Waals surface area contributed by atoms with E-state index in [2.05, 4.69) is 0 Å². The van der Waals surface area contributed by atoms with Gasteiger partial charge < -0.3 is 27.2 Å². The molecule has 0 amide bonds. The van der Waals surface area contributed by atoms with Crippen molar-refractivity contribution in [3.63, 3.8) is 0 Å². The number of ether oxygens (including phenoxy) is 3. The molecule has 1 rings (SSSR count). The third kappa shape index (κ3) is 4.97. The fourth-order valence-electron chi connectivity index (χ4n) is 1.34. The molecule has 0 saturated carbocycles. The largest absolute Gasteiger partial charge is 0.513 e. The molecule has 0 aliphatic heterocycles. The molecule has 0 heterocycles. The topological polar surface area (TPSA) is 27.7 Å². The molecule has 0 fully saturated rings. The summed E-state index contributed by atoms with van der Waals surface area (Å²) in [7, 11) is 1.54. The summed E-state index contributed by atoms with van der Waals surface area (Å²) < 4.78 is 52.9. The fourth-order valence-corrected chi connectivity index (χ4v) is 1.34. The van der Waals surface area contributed by atoms with Crippen LogP contribution in [0, 0.1) is 0 Å². The summed E-state index contributed by atoms with van der Waals surface area (Å²) in [4.78, 5) is 0. The predicted molar refractivity (Wildman–Crippen MR) is 63.3 cm³/mol. The lowest BCUT2D eigenvalue weighted by Crippen LogP contribution is -2.35. The van der Waals surface area contributed by atoms with Crippen molar-refractivity contribution in [3.05, 3.63) is 24.3 Å². The van der Waals surface area contributed by atoms with Crippen molar-refractivity contribution >= 4 is 12.4 Å². The molecular weight excluding hydrogens is 248 g/mol. The number of para-hydroxylation sites is 1. The van der Waals surface area contributed by atoms with Crippen molar-refractivity contribution in [1.29, 1.82) is 0 Å². The van der Waals surface area contributed by atoms with Crippen LogP contribution in [0.25, 0.3) is 0 Å². The standard InChI is InChI=1S/C11H15BF3O3/c1-16-6-7-17-8-9-18-11-5-3-2-4-10(11)12(13,14)15/h2-5H,6-9H2,1H3/q-1. The van der Waals surface area contributed by atoms with Crippen LogP contribution in [0.3, 0.4) is 0 Å². The molecule has 0 unspecified atom stereocenters. The van der Waals surface area contributed by atoms with Gasteiger partial charge in [-0.15, -0.1) is 0 Å². The van der Waals surface area contributed by atoms with Gasteiger partial charge in [-0.25, -0.2) is 0 Å². The second-order valence-electron chi connectivity index (χ2n) is 3.57. The lowest BCUT2D eigenvalue weighted by molar-refractivity contribution is 0.0545. The van der Waals surface area contributed by atoms with Crippen LogP contribution in [0.1, 0.15) is 0 Å². The van der Waals surface area contributed by atoms with Crippen LogP contribution in [0.5, 0.6) is 5.75 Å². The Hall–Kier alpha value is -1.21. The van der Waals surface area contributed by atoms with Crippen LogP contribution in [0.15, 0.2) is 24.3 Å². The van der Waals surface area contributed by atoms with Gasteiger partial charge in [0.25, 0.3) is 0 Å². The molecule has 7 heteroatoms. The van der Waals surface area contributed by atoms with Crippen LogP contribution < -0.4 is 10.2 Å². The van der Waals surface area contributed by atoms with Gasteiger partial charge in [-0.05, 0) is 6.07 Å². The molecule has 102 valence electrons. The SMILES string of the molecule is COCCOCCOc1ccccc1[B-](F)(F)F. The van der Waals surface area contributed by atoms with Crippen molar-refractivity contribution in [2.24, 2.45) is 0 Å². The molecule has 0 spiro atoms. The highest BCUT2D eigenvalue weighted by molar-refractivity contribution is 6.74. The lowest BCUT2D eigenvalue weighted by atomic mass is 9.79. The summed E-state index contributed by atoms with van der Waals surface area (Å²) in [6.45, 7) is -3.91. The molecule has 0 aliphatic carbocycles. The van der Waals surface area contributed by atoms with E-state index in [0.29, 0.717) is 13.2 Å². The zero-order valence-corrected chi connectivity index (χ0v) is 10.1. The molecule has 3 nitrogen and oxygen atoms in total. The quantitative estimate of drug-likeness (QED) is 0.528. The van der Waals surface area contributed by atoms with E-state index >= 15 is 0 Å². The first kappa shape index (κ1) is 14.9. The molecule has 0 radical (unpaired) electrons. The molecule has 0 bridgehead atoms. The second-order valence-corrected chi connectivity index (χ2v) is 3.57. The Labute approximate surface area is 104 Å². The Morgan fingerprint density at radius 3 is 2.33 bits per heavy atom. The summed E-state index contributed by atoms with van der Waals surface area (Å²) in [5.74, 6) is -0.152. The van der Waals surface area contributed by atoms with E-state index in [1.54, 1.807) is 7.11 Å². The number of benzene rings is 1. The molecule has 0 N–H and O–H groups in total. The van der Waals surface area contributed by atoms with Gasteiger partial charge in [-0.2, -0.15) is 0 Å². The normalized spacial score (nSPS) is 11.6. The van der Waals surface area contributed by atoms with Crippen LogP contribution in [-0.4, -0.2) is 40.5 Å². The first-order chi connectivity index (χ1) is 8.55. The highest BCUT2D eigenvalue weighted by Gasteiger charge is 2.28. The van der Waals surface area contributed by atoms with E-state index in [1.807, 2.05) is 0 Å². The average molecular weight is 263 g/mol. The van der Waals surface area contributed by atoms with Gasteiger partial charge in [0.1, 0.15) is 6.61 Å². The van der Waals surface area contributed by atoms with Gasteiger partial charge in [-0.1, -0.05) is 23.7 Å². The minimum atomic E-state index is -5.06. The third-order valence-corrected chi connectivity index (χ3v) is 2.19. The molecule has 1 aromatic carbocycles. The highest BCUT2D eigenvalue weighted by atomic mass is 19.4. The molecule has 1 aromatic rings. The zero-order chi connectivity index (χ0) is 13.4. The van der Waals surface area contributed by atoms with E-state index in [9.17, 15) is 12.9 Å². The molecule has 0 aromatic heterocycles. The Kier molecular flexibility index (Phi) is 6.01. The maximum Gasteiger partial charge on any atom is 0.513 e. The average Bonchev–Trinajstić information content (AvgIpc) is 2.33. The summed E-state index contributed by atoms with van der Waals surface area (Å²) in [6.07, 6.45) is 0. The van der Waals surface area contributed by atoms with Gasteiger partial charge in [0.05, 0.1) is 25.6 Å². The van der Waals surface area contributed by atoms with E-state index < -0.39 is 12.4 Å². The van der Waals surface area contributed by atoms with Crippen LogP contribution >= 0.6 is 0 Å². The fraction of sp³-hybridized carbons (Fsp3) is 0.455. The van der Waals surface area contributed by atoms with Crippen molar-refractivity contribution < 1.29 is 27.2 Å². The van der Waals surface area contributed by atoms with Crippen LogP contribution in [-0.2, 0) is 9.47 Å². The van der Waals surface area contributed by atoms with Gasteiger partial charge in [0.15, 0.2) is 0 Å². The van der Waals surface area contributed by atoms with E-state index in [0.717, 1.165) is 6.07 Å². The van der Waals surface area contributed by atoms with Crippen LogP contribution in [0.4, 0.5) is 12.9 Å². The Morgan fingerprint density at radius 2 is 1.67 bits per heavy atom. The minimum Gasteiger partial charge on any atom is -0.494 e. The Morgan fingerprint density at radius 1 is 1.00 bits per heavy atom. The summed E-state index contributed by atoms with van der Waals surface area (Å²) >= 11 is 0. The van der Waals surface area contributed by atoms with Crippen molar-refractivity contribution in [1.82, 2.24) is 0 Å². The van der Waals surface area contributed by atoms with Gasteiger partial charge in [0, 0.05) is 7.11 Å². The summed E-state index contributed by atoms with van der Waals surface area (Å²) in [6, 6.07) is 5.17. The Balaban J connectivity index is 2.43. The van der Waals surface area contributed by atoms with Crippen molar-refractivity contribution in [3.8, 4) is 5.75 Å². The maximum absolute atomic E-state index is 12.7. The second kappa shape index (κ2) is 7.28. The van der Waals surface area contributed by atoms with Crippen LogP contribution in [0.2, 0.25) is 0 Å². The van der Waals surface area contributed by atoms with E-state index in [1.165, 1.54) is 18.2 Å². The Bertz CT molecular complexity index is 358. The maximum atomic E-state index is 12.7. The first-order valence-corrected chi connectivity index (χ1v) is 5.54. The van der Waals surface area contributed by atoms with Gasteiger partial charge in [-0.3, -0.25) is 0 Å². The van der Waals surface area contributed by atoms with E-state index in [-0.39, 0.29) is 19.0 Å². The minimum absolute atomic E-state index is 0.0763. The molecule has 18 heavy (non-hydrogen) atoms. The van der Waals surface area contributed by atoms with Crippen molar-refractivity contribution in [2.75, 3.05) is 33.5 Å². The summed E-state index contributed by atoms with van der Waals surface area (Å²) in [5.41, 5.74) is -0.714. The number of hydrogen-bond donors (Lipinski definition) is 0. The molecule has 0 atom stereocenters. The summed E-state index contributed by atoms with van der Waals surface area (Å²) in [5, 5.41) is 0. The third-order valence-electron chi connectivity index (χ3n) is 2.19. The lowest BCUT2D eigenvalue weighted by Gasteiger charge is -2.19. The van der Waals surface area contributed by atoms with E-state index in [4.69, 9.17) is 14.2 Å². The first-order valence-electron chi connectivity index (χ1n) is 5.54. The molecule has 0 aliphatic rings. The van der Waals surface area contributed by atoms with Crippen molar-refractivity contribution in [2.45, 2.75) is 0 Å². The predicted octanol–water partition coefficient (Wildman–Crippen LogP) is 1.78. The molecular formula is C11H15BF3O3-. The number of halogens is 3. The van der Waals surface area contributed by atoms with Gasteiger partial charge in [0.2, 0.25) is 0 Å².